The van der Waals surface area contributed by atoms with Crippen molar-refractivity contribution in [2.24, 2.45) is 0 Å². The summed E-state index contributed by atoms with van der Waals surface area (Å²) in [5.74, 6) is 0.923. The molecule has 1 aromatic heterocycles. The number of hydrogen-bond acceptors (Lipinski definition) is 4. The Bertz CT molecular complexity index is 294. The molecule has 1 aliphatic carbocycles. The first kappa shape index (κ1) is 12.0. The van der Waals surface area contributed by atoms with Crippen molar-refractivity contribution in [1.29, 1.82) is 0 Å². The minimum atomic E-state index is 0.457. The second-order valence-corrected chi connectivity index (χ2v) is 5.79. The van der Waals surface area contributed by atoms with E-state index in [4.69, 9.17) is 4.42 Å². The Morgan fingerprint density at radius 1 is 1.44 bits per heavy atom. The van der Waals surface area contributed by atoms with Gasteiger partial charge in [0.2, 0.25) is 0 Å². The smallest absolute Gasteiger partial charge is 0.180 e. The van der Waals surface area contributed by atoms with Gasteiger partial charge in [0.1, 0.15) is 5.76 Å². The van der Waals surface area contributed by atoms with Crippen molar-refractivity contribution in [2.45, 2.75) is 43.4 Å². The number of aromatic nitrogens is 1. The van der Waals surface area contributed by atoms with Crippen LogP contribution >= 0.6 is 11.8 Å². The lowest BCUT2D eigenvalue weighted by Gasteiger charge is -2.35. The molecule has 2 rings (SSSR count). The maximum absolute atomic E-state index is 5.21. The molecule has 0 amide bonds. The Morgan fingerprint density at radius 3 is 2.88 bits per heavy atom. The molecule has 0 atom stereocenters. The highest BCUT2D eigenvalue weighted by atomic mass is 32.2. The minimum absolute atomic E-state index is 0.457. The number of rotatable bonds is 5. The summed E-state index contributed by atoms with van der Waals surface area (Å²) < 4.78 is 5.67. The van der Waals surface area contributed by atoms with Gasteiger partial charge in [-0.25, -0.2) is 4.98 Å². The van der Waals surface area contributed by atoms with Gasteiger partial charge in [-0.15, -0.1) is 0 Å². The molecular weight excluding hydrogens is 220 g/mol. The summed E-state index contributed by atoms with van der Waals surface area (Å²) in [5, 5.41) is 3.49. The fourth-order valence-electron chi connectivity index (χ4n) is 2.39. The van der Waals surface area contributed by atoms with Crippen molar-refractivity contribution >= 4 is 11.8 Å². The third-order valence-electron chi connectivity index (χ3n) is 3.43. The summed E-state index contributed by atoms with van der Waals surface area (Å²) in [6.45, 7) is 1.87. The molecule has 0 saturated heterocycles. The Hall–Kier alpha value is -0.480. The first-order valence-corrected chi connectivity index (χ1v) is 7.20. The van der Waals surface area contributed by atoms with E-state index in [9.17, 15) is 0 Å². The summed E-state index contributed by atoms with van der Waals surface area (Å²) in [7, 11) is 0. The summed E-state index contributed by atoms with van der Waals surface area (Å²) in [6, 6.07) is 0. The average molecular weight is 240 g/mol. The second kappa shape index (κ2) is 5.73. The number of thioether (sulfide) groups is 1. The average Bonchev–Trinajstić information content (AvgIpc) is 2.83. The van der Waals surface area contributed by atoms with Gasteiger partial charge in [-0.1, -0.05) is 19.3 Å². The largest absolute Gasteiger partial charge is 0.447 e. The van der Waals surface area contributed by atoms with Crippen LogP contribution in [0.4, 0.5) is 0 Å². The van der Waals surface area contributed by atoms with Crippen LogP contribution in [0.1, 0.15) is 37.9 Å². The van der Waals surface area contributed by atoms with E-state index in [1.807, 2.05) is 11.8 Å². The van der Waals surface area contributed by atoms with Gasteiger partial charge in [-0.2, -0.15) is 11.8 Å². The van der Waals surface area contributed by atoms with E-state index in [0.29, 0.717) is 4.75 Å². The molecule has 16 heavy (non-hydrogen) atoms. The van der Waals surface area contributed by atoms with Crippen molar-refractivity contribution in [3.8, 4) is 0 Å². The van der Waals surface area contributed by atoms with E-state index in [0.717, 1.165) is 18.8 Å². The van der Waals surface area contributed by atoms with Crippen molar-refractivity contribution in [2.75, 3.05) is 12.8 Å². The van der Waals surface area contributed by atoms with Crippen molar-refractivity contribution in [3.05, 3.63) is 18.4 Å². The van der Waals surface area contributed by atoms with E-state index >= 15 is 0 Å². The first-order chi connectivity index (χ1) is 7.85. The molecule has 1 heterocycles. The standard InChI is InChI=1S/C12H20N2OS/c1-16-12(5-3-2-4-6-12)9-13-7-11-8-14-10-15-11/h8,10,13H,2-7,9H2,1H3. The predicted molar refractivity (Wildman–Crippen MR) is 67.5 cm³/mol. The molecule has 1 fully saturated rings. The Morgan fingerprint density at radius 2 is 2.25 bits per heavy atom. The van der Waals surface area contributed by atoms with Crippen LogP contribution in [0.15, 0.2) is 17.0 Å². The van der Waals surface area contributed by atoms with Crippen LogP contribution in [0.2, 0.25) is 0 Å². The van der Waals surface area contributed by atoms with Crippen LogP contribution in [0.3, 0.4) is 0 Å². The maximum atomic E-state index is 5.21. The number of hydrogen-bond donors (Lipinski definition) is 1. The molecule has 0 radical (unpaired) electrons. The monoisotopic (exact) mass is 240 g/mol. The first-order valence-electron chi connectivity index (χ1n) is 5.98. The van der Waals surface area contributed by atoms with Crippen LogP contribution in [0.5, 0.6) is 0 Å². The van der Waals surface area contributed by atoms with E-state index in [1.54, 1.807) is 6.20 Å². The normalized spacial score (nSPS) is 19.8. The third kappa shape index (κ3) is 3.01. The van der Waals surface area contributed by atoms with Gasteiger partial charge in [0, 0.05) is 11.3 Å². The van der Waals surface area contributed by atoms with Gasteiger partial charge in [-0.05, 0) is 19.1 Å². The Labute approximate surface area is 101 Å². The molecule has 3 nitrogen and oxygen atoms in total. The van der Waals surface area contributed by atoms with Gasteiger partial charge in [-0.3, -0.25) is 0 Å². The summed E-state index contributed by atoms with van der Waals surface area (Å²) >= 11 is 2.02. The van der Waals surface area contributed by atoms with E-state index < -0.39 is 0 Å². The lowest BCUT2D eigenvalue weighted by molar-refractivity contribution is 0.371. The minimum Gasteiger partial charge on any atom is -0.447 e. The molecule has 0 aromatic carbocycles. The van der Waals surface area contributed by atoms with Crippen molar-refractivity contribution < 1.29 is 4.42 Å². The van der Waals surface area contributed by atoms with E-state index in [1.165, 1.54) is 38.5 Å². The third-order valence-corrected chi connectivity index (χ3v) is 4.85. The topological polar surface area (TPSA) is 38.1 Å². The molecule has 0 bridgehead atoms. The zero-order valence-corrected chi connectivity index (χ0v) is 10.7. The number of oxazole rings is 1. The highest BCUT2D eigenvalue weighted by Gasteiger charge is 2.30. The molecule has 0 aliphatic heterocycles. The van der Waals surface area contributed by atoms with Crippen LogP contribution in [-0.2, 0) is 6.54 Å². The molecule has 1 N–H and O–H groups in total. The van der Waals surface area contributed by atoms with Gasteiger partial charge < -0.3 is 9.73 Å². The molecular formula is C12H20N2OS. The van der Waals surface area contributed by atoms with Crippen LogP contribution < -0.4 is 5.32 Å². The molecule has 4 heteroatoms. The second-order valence-electron chi connectivity index (χ2n) is 4.52. The van der Waals surface area contributed by atoms with Crippen LogP contribution in [0.25, 0.3) is 0 Å². The zero-order valence-electron chi connectivity index (χ0n) is 9.87. The van der Waals surface area contributed by atoms with Crippen LogP contribution in [-0.4, -0.2) is 22.5 Å². The van der Waals surface area contributed by atoms with Gasteiger partial charge in [0.25, 0.3) is 0 Å². The van der Waals surface area contributed by atoms with Gasteiger partial charge in [0.15, 0.2) is 6.39 Å². The van der Waals surface area contributed by atoms with E-state index in [2.05, 4.69) is 16.6 Å². The SMILES string of the molecule is CSC1(CNCc2cnco2)CCCCC1. The molecule has 90 valence electrons. The highest BCUT2D eigenvalue weighted by Crippen LogP contribution is 2.37. The summed E-state index contributed by atoms with van der Waals surface area (Å²) in [6.07, 6.45) is 12.4. The van der Waals surface area contributed by atoms with Gasteiger partial charge >= 0.3 is 0 Å². The summed E-state index contributed by atoms with van der Waals surface area (Å²) in [4.78, 5) is 3.91. The fourth-order valence-corrected chi connectivity index (χ4v) is 3.34. The van der Waals surface area contributed by atoms with Gasteiger partial charge in [0.05, 0.1) is 12.7 Å². The van der Waals surface area contributed by atoms with E-state index in [-0.39, 0.29) is 0 Å². The zero-order chi connectivity index (χ0) is 11.3. The number of nitrogens with one attached hydrogen (secondary N) is 1. The molecule has 0 unspecified atom stereocenters. The Kier molecular flexibility index (Phi) is 4.29. The lowest BCUT2D eigenvalue weighted by atomic mass is 9.88. The molecule has 1 saturated carbocycles. The van der Waals surface area contributed by atoms with Crippen molar-refractivity contribution in [1.82, 2.24) is 10.3 Å². The quantitative estimate of drug-likeness (QED) is 0.859. The van der Waals surface area contributed by atoms with Crippen molar-refractivity contribution in [3.63, 3.8) is 0 Å². The molecule has 0 spiro atoms. The summed E-state index contributed by atoms with van der Waals surface area (Å²) in [5.41, 5.74) is 0. The fraction of sp³-hybridized carbons (Fsp3) is 0.750. The molecule has 1 aliphatic rings. The van der Waals surface area contributed by atoms with Crippen LogP contribution in [0, 0.1) is 0 Å². The highest BCUT2D eigenvalue weighted by molar-refractivity contribution is 8.00. The Balaban J connectivity index is 1.78. The predicted octanol–water partition coefficient (Wildman–Crippen LogP) is 2.83. The molecule has 1 aromatic rings. The lowest BCUT2D eigenvalue weighted by Crippen LogP contribution is -2.39. The maximum Gasteiger partial charge on any atom is 0.180 e. The number of nitrogens with zero attached hydrogens (tertiary/aromatic N) is 1.